The molecule has 2 heterocycles. The molecule has 5 heteroatoms. The Morgan fingerprint density at radius 2 is 2.33 bits per heavy atom. The van der Waals surface area contributed by atoms with E-state index >= 15 is 0 Å². The van der Waals surface area contributed by atoms with E-state index in [0.29, 0.717) is 11.7 Å². The van der Waals surface area contributed by atoms with Crippen molar-refractivity contribution in [2.45, 2.75) is 17.7 Å². The van der Waals surface area contributed by atoms with Crippen molar-refractivity contribution < 1.29 is 9.53 Å². The molecule has 18 heavy (non-hydrogen) atoms. The highest BCUT2D eigenvalue weighted by Gasteiger charge is 2.14. The zero-order valence-electron chi connectivity index (χ0n) is 10.3. The van der Waals surface area contributed by atoms with Gasteiger partial charge in [0, 0.05) is 30.4 Å². The maximum absolute atomic E-state index is 11.7. The Balaban J connectivity index is 1.63. The average molecular weight is 266 g/mol. The number of carbonyl (C=O) groups excluding carboxylic acids is 1. The van der Waals surface area contributed by atoms with Gasteiger partial charge in [0.15, 0.2) is 0 Å². The van der Waals surface area contributed by atoms with Gasteiger partial charge in [-0.15, -0.1) is 11.8 Å². The Hall–Kier alpha value is -1.07. The number of nitrogens with zero attached hydrogens (tertiary/aromatic N) is 1. The summed E-state index contributed by atoms with van der Waals surface area (Å²) in [5.41, 5.74) is 0. The molecule has 98 valence electrons. The van der Waals surface area contributed by atoms with E-state index in [4.69, 9.17) is 4.74 Å². The van der Waals surface area contributed by atoms with Crippen LogP contribution in [0.15, 0.2) is 29.4 Å². The second-order valence-corrected chi connectivity index (χ2v) is 5.41. The lowest BCUT2D eigenvalue weighted by Gasteiger charge is -2.22. The fourth-order valence-electron chi connectivity index (χ4n) is 1.86. The molecule has 1 aliphatic heterocycles. The number of aromatic nitrogens is 1. The number of hydrogen-bond acceptors (Lipinski definition) is 4. The zero-order valence-corrected chi connectivity index (χ0v) is 11.1. The number of hydrogen-bond donors (Lipinski definition) is 1. The van der Waals surface area contributed by atoms with E-state index in [9.17, 15) is 4.79 Å². The first-order chi connectivity index (χ1) is 8.84. The first-order valence-electron chi connectivity index (χ1n) is 6.22. The van der Waals surface area contributed by atoms with Crippen LogP contribution in [0, 0.1) is 5.92 Å². The van der Waals surface area contributed by atoms with E-state index in [-0.39, 0.29) is 5.91 Å². The lowest BCUT2D eigenvalue weighted by atomic mass is 10.0. The van der Waals surface area contributed by atoms with Gasteiger partial charge in [-0.05, 0) is 30.9 Å². The summed E-state index contributed by atoms with van der Waals surface area (Å²) in [4.78, 5) is 16.7. The van der Waals surface area contributed by atoms with Gasteiger partial charge in [-0.3, -0.25) is 9.78 Å². The van der Waals surface area contributed by atoms with E-state index in [1.54, 1.807) is 12.4 Å². The molecule has 0 spiro atoms. The Morgan fingerprint density at radius 3 is 3.06 bits per heavy atom. The lowest BCUT2D eigenvalue weighted by Crippen LogP contribution is -2.34. The average Bonchev–Trinajstić information content (AvgIpc) is 2.45. The van der Waals surface area contributed by atoms with E-state index < -0.39 is 0 Å². The van der Waals surface area contributed by atoms with Crippen molar-refractivity contribution in [1.82, 2.24) is 10.3 Å². The van der Waals surface area contributed by atoms with Gasteiger partial charge >= 0.3 is 0 Å². The van der Waals surface area contributed by atoms with Crippen molar-refractivity contribution in [1.29, 1.82) is 0 Å². The van der Waals surface area contributed by atoms with Crippen LogP contribution in [-0.4, -0.2) is 36.4 Å². The third kappa shape index (κ3) is 4.66. The summed E-state index contributed by atoms with van der Waals surface area (Å²) >= 11 is 1.53. The number of rotatable bonds is 5. The van der Waals surface area contributed by atoms with Gasteiger partial charge in [0.2, 0.25) is 5.91 Å². The number of amides is 1. The van der Waals surface area contributed by atoms with E-state index in [0.717, 1.165) is 37.5 Å². The molecule has 2 rings (SSSR count). The summed E-state index contributed by atoms with van der Waals surface area (Å²) < 4.78 is 5.38. The molecule has 1 atom stereocenters. The molecule has 1 aliphatic rings. The van der Waals surface area contributed by atoms with Gasteiger partial charge in [0.05, 0.1) is 12.4 Å². The van der Waals surface area contributed by atoms with E-state index in [2.05, 4.69) is 10.3 Å². The van der Waals surface area contributed by atoms with Crippen molar-refractivity contribution in [2.75, 3.05) is 25.5 Å². The smallest absolute Gasteiger partial charge is 0.230 e. The second-order valence-electron chi connectivity index (χ2n) is 4.36. The SMILES string of the molecule is O=C(CSc1ccncc1)NC[C@H]1CCCOC1. The van der Waals surface area contributed by atoms with Gasteiger partial charge < -0.3 is 10.1 Å². The highest BCUT2D eigenvalue weighted by atomic mass is 32.2. The fraction of sp³-hybridized carbons (Fsp3) is 0.538. The predicted octanol–water partition coefficient (Wildman–Crippen LogP) is 1.72. The van der Waals surface area contributed by atoms with Crippen LogP contribution in [-0.2, 0) is 9.53 Å². The maximum Gasteiger partial charge on any atom is 0.230 e. The maximum atomic E-state index is 11.7. The molecule has 0 unspecified atom stereocenters. The molecular weight excluding hydrogens is 248 g/mol. The van der Waals surface area contributed by atoms with Gasteiger partial charge in [-0.2, -0.15) is 0 Å². The predicted molar refractivity (Wildman–Crippen MR) is 71.5 cm³/mol. The first kappa shape index (κ1) is 13.4. The molecule has 0 saturated carbocycles. The first-order valence-corrected chi connectivity index (χ1v) is 7.20. The molecular formula is C13H18N2O2S. The van der Waals surface area contributed by atoms with Crippen molar-refractivity contribution in [2.24, 2.45) is 5.92 Å². The third-order valence-corrected chi connectivity index (χ3v) is 3.87. The molecule has 1 amide bonds. The number of carbonyl (C=O) groups is 1. The molecule has 0 radical (unpaired) electrons. The molecule has 4 nitrogen and oxygen atoms in total. The molecule has 1 aromatic heterocycles. The van der Waals surface area contributed by atoms with Crippen molar-refractivity contribution in [3.05, 3.63) is 24.5 Å². The molecule has 0 aliphatic carbocycles. The standard InChI is InChI=1S/C13H18N2O2S/c16-13(10-18-12-3-5-14-6-4-12)15-8-11-2-1-7-17-9-11/h3-6,11H,1-2,7-10H2,(H,15,16)/t11-/m1/s1. The Labute approximate surface area is 112 Å². The van der Waals surface area contributed by atoms with Crippen LogP contribution < -0.4 is 5.32 Å². The minimum absolute atomic E-state index is 0.0855. The Morgan fingerprint density at radius 1 is 1.50 bits per heavy atom. The van der Waals surface area contributed by atoms with E-state index in [1.165, 1.54) is 11.8 Å². The summed E-state index contributed by atoms with van der Waals surface area (Å²) in [6.45, 7) is 2.37. The van der Waals surface area contributed by atoms with Crippen LogP contribution in [0.3, 0.4) is 0 Å². The summed E-state index contributed by atoms with van der Waals surface area (Å²) in [5, 5.41) is 2.97. The van der Waals surface area contributed by atoms with E-state index in [1.807, 2.05) is 12.1 Å². The normalized spacial score (nSPS) is 19.4. The van der Waals surface area contributed by atoms with Crippen molar-refractivity contribution in [3.63, 3.8) is 0 Å². The zero-order chi connectivity index (χ0) is 12.6. The summed E-state index contributed by atoms with van der Waals surface area (Å²) in [5.74, 6) is 1.02. The van der Waals surface area contributed by atoms with Gasteiger partial charge in [-0.1, -0.05) is 0 Å². The number of nitrogens with one attached hydrogen (secondary N) is 1. The quantitative estimate of drug-likeness (QED) is 0.824. The topological polar surface area (TPSA) is 51.2 Å². The lowest BCUT2D eigenvalue weighted by molar-refractivity contribution is -0.118. The number of ether oxygens (including phenoxy) is 1. The Kier molecular flexibility index (Phi) is 5.48. The number of pyridine rings is 1. The summed E-state index contributed by atoms with van der Waals surface area (Å²) in [6, 6.07) is 3.82. The van der Waals surface area contributed by atoms with Crippen LogP contribution in [0.25, 0.3) is 0 Å². The van der Waals surface area contributed by atoms with Gasteiger partial charge in [-0.25, -0.2) is 0 Å². The van der Waals surface area contributed by atoms with Gasteiger partial charge in [0.1, 0.15) is 0 Å². The largest absolute Gasteiger partial charge is 0.381 e. The highest BCUT2D eigenvalue weighted by Crippen LogP contribution is 2.16. The molecule has 0 aromatic carbocycles. The summed E-state index contributed by atoms with van der Waals surface area (Å²) in [6.07, 6.45) is 5.73. The van der Waals surface area contributed by atoms with Crippen LogP contribution in [0.2, 0.25) is 0 Å². The minimum atomic E-state index is 0.0855. The fourth-order valence-corrected chi connectivity index (χ4v) is 2.57. The van der Waals surface area contributed by atoms with Crippen LogP contribution in [0.1, 0.15) is 12.8 Å². The molecule has 1 fully saturated rings. The monoisotopic (exact) mass is 266 g/mol. The third-order valence-electron chi connectivity index (χ3n) is 2.86. The van der Waals surface area contributed by atoms with Crippen LogP contribution in [0.4, 0.5) is 0 Å². The van der Waals surface area contributed by atoms with Crippen molar-refractivity contribution >= 4 is 17.7 Å². The highest BCUT2D eigenvalue weighted by molar-refractivity contribution is 8.00. The van der Waals surface area contributed by atoms with Gasteiger partial charge in [0.25, 0.3) is 0 Å². The molecule has 1 N–H and O–H groups in total. The summed E-state index contributed by atoms with van der Waals surface area (Å²) in [7, 11) is 0. The number of thioether (sulfide) groups is 1. The molecule has 0 bridgehead atoms. The Bertz CT molecular complexity index is 367. The van der Waals surface area contributed by atoms with Crippen LogP contribution >= 0.6 is 11.8 Å². The van der Waals surface area contributed by atoms with Crippen LogP contribution in [0.5, 0.6) is 0 Å². The second kappa shape index (κ2) is 7.38. The minimum Gasteiger partial charge on any atom is -0.381 e. The molecule has 1 aromatic rings. The molecule has 1 saturated heterocycles. The van der Waals surface area contributed by atoms with Crippen molar-refractivity contribution in [3.8, 4) is 0 Å².